The van der Waals surface area contributed by atoms with Crippen molar-refractivity contribution in [1.29, 1.82) is 0 Å². The molecule has 17 heavy (non-hydrogen) atoms. The Hall–Kier alpha value is -1.13. The van der Waals surface area contributed by atoms with E-state index in [0.717, 1.165) is 22.2 Å². The Balaban J connectivity index is 2.44. The lowest BCUT2D eigenvalue weighted by Crippen LogP contribution is -2.27. The van der Waals surface area contributed by atoms with Crippen molar-refractivity contribution in [2.24, 2.45) is 5.73 Å². The molecule has 2 aromatic heterocycles. The number of aryl methyl sites for hydroxylation is 2. The summed E-state index contributed by atoms with van der Waals surface area (Å²) in [4.78, 5) is 5.86. The minimum Gasteiger partial charge on any atom is -0.460 e. The quantitative estimate of drug-likeness (QED) is 0.909. The van der Waals surface area contributed by atoms with Crippen LogP contribution in [0.1, 0.15) is 29.5 Å². The molecule has 0 unspecified atom stereocenters. The summed E-state index contributed by atoms with van der Waals surface area (Å²) < 4.78 is 5.62. The van der Waals surface area contributed by atoms with Crippen molar-refractivity contribution in [3.05, 3.63) is 27.8 Å². The molecule has 0 aliphatic heterocycles. The van der Waals surface area contributed by atoms with E-state index in [0.29, 0.717) is 6.54 Å². The zero-order valence-electron chi connectivity index (χ0n) is 10.7. The maximum atomic E-state index is 5.78. The molecule has 0 fully saturated rings. The van der Waals surface area contributed by atoms with E-state index in [1.807, 2.05) is 19.1 Å². The standard InChI is InChI=1S/C13H18N2OS/c1-8-5-6-10(16-8)11-9(2)17-12(15-11)13(3,4)7-14/h5-6H,7,14H2,1-4H3. The molecule has 2 N–H and O–H groups in total. The Morgan fingerprint density at radius 3 is 2.59 bits per heavy atom. The van der Waals surface area contributed by atoms with Gasteiger partial charge in [0.05, 0.1) is 0 Å². The topological polar surface area (TPSA) is 52.0 Å². The number of thiazole rings is 1. The summed E-state index contributed by atoms with van der Waals surface area (Å²) >= 11 is 1.70. The molecule has 0 radical (unpaired) electrons. The molecule has 0 saturated heterocycles. The lowest BCUT2D eigenvalue weighted by Gasteiger charge is -2.18. The summed E-state index contributed by atoms with van der Waals surface area (Å²) in [5.41, 5.74) is 6.65. The molecule has 0 aliphatic carbocycles. The van der Waals surface area contributed by atoms with Crippen LogP contribution in [-0.4, -0.2) is 11.5 Å². The first-order chi connectivity index (χ1) is 7.94. The van der Waals surface area contributed by atoms with E-state index in [1.165, 1.54) is 4.88 Å². The molecule has 92 valence electrons. The molecule has 0 amide bonds. The summed E-state index contributed by atoms with van der Waals surface area (Å²) in [5.74, 6) is 1.75. The van der Waals surface area contributed by atoms with Crippen molar-refractivity contribution in [3.63, 3.8) is 0 Å². The first kappa shape index (κ1) is 12.3. The Kier molecular flexibility index (Phi) is 3.10. The fourth-order valence-corrected chi connectivity index (χ4v) is 2.59. The largest absolute Gasteiger partial charge is 0.460 e. The lowest BCUT2D eigenvalue weighted by molar-refractivity contribution is 0.530. The SMILES string of the molecule is Cc1ccc(-c2nc(C(C)(C)CN)sc2C)o1. The van der Waals surface area contributed by atoms with Gasteiger partial charge in [0, 0.05) is 16.8 Å². The first-order valence-electron chi connectivity index (χ1n) is 5.69. The Labute approximate surface area is 106 Å². The molecule has 4 heteroatoms. The predicted molar refractivity (Wildman–Crippen MR) is 71.4 cm³/mol. The zero-order chi connectivity index (χ0) is 12.6. The van der Waals surface area contributed by atoms with Gasteiger partial charge in [-0.25, -0.2) is 4.98 Å². The van der Waals surface area contributed by atoms with Crippen molar-refractivity contribution in [2.45, 2.75) is 33.1 Å². The van der Waals surface area contributed by atoms with Crippen LogP contribution in [0, 0.1) is 13.8 Å². The van der Waals surface area contributed by atoms with Gasteiger partial charge in [0.2, 0.25) is 0 Å². The van der Waals surface area contributed by atoms with Crippen molar-refractivity contribution < 1.29 is 4.42 Å². The maximum absolute atomic E-state index is 5.78. The first-order valence-corrected chi connectivity index (χ1v) is 6.50. The van der Waals surface area contributed by atoms with Crippen LogP contribution in [0.3, 0.4) is 0 Å². The van der Waals surface area contributed by atoms with Crippen LogP contribution in [0.4, 0.5) is 0 Å². The van der Waals surface area contributed by atoms with Gasteiger partial charge in [-0.2, -0.15) is 0 Å². The molecule has 2 rings (SSSR count). The third kappa shape index (κ3) is 2.28. The molecule has 2 aromatic rings. The van der Waals surface area contributed by atoms with Gasteiger partial charge in [0.25, 0.3) is 0 Å². The summed E-state index contributed by atoms with van der Waals surface area (Å²) in [6.07, 6.45) is 0. The number of rotatable bonds is 3. The summed E-state index contributed by atoms with van der Waals surface area (Å²) in [7, 11) is 0. The van der Waals surface area contributed by atoms with Gasteiger partial charge in [-0.1, -0.05) is 13.8 Å². The second-order valence-electron chi connectivity index (χ2n) is 4.92. The van der Waals surface area contributed by atoms with Crippen molar-refractivity contribution in [2.75, 3.05) is 6.54 Å². The van der Waals surface area contributed by atoms with E-state index >= 15 is 0 Å². The van der Waals surface area contributed by atoms with Gasteiger partial charge in [-0.3, -0.25) is 0 Å². The molecule has 2 heterocycles. The highest BCUT2D eigenvalue weighted by atomic mass is 32.1. The third-order valence-corrected chi connectivity index (χ3v) is 4.20. The van der Waals surface area contributed by atoms with Crippen molar-refractivity contribution >= 4 is 11.3 Å². The van der Waals surface area contributed by atoms with Crippen LogP contribution in [0.15, 0.2) is 16.5 Å². The van der Waals surface area contributed by atoms with Gasteiger partial charge in [-0.05, 0) is 26.0 Å². The summed E-state index contributed by atoms with van der Waals surface area (Å²) in [6, 6.07) is 3.93. The number of hydrogen-bond donors (Lipinski definition) is 1. The molecule has 0 spiro atoms. The molecule has 0 aliphatic rings. The highest BCUT2D eigenvalue weighted by Gasteiger charge is 2.25. The molecule has 3 nitrogen and oxygen atoms in total. The van der Waals surface area contributed by atoms with Crippen molar-refractivity contribution in [3.8, 4) is 11.5 Å². The average molecular weight is 250 g/mol. The number of nitrogens with zero attached hydrogens (tertiary/aromatic N) is 1. The lowest BCUT2D eigenvalue weighted by atomic mass is 9.95. The summed E-state index contributed by atoms with van der Waals surface area (Å²) in [6.45, 7) is 8.83. The molecule has 0 saturated carbocycles. The van der Waals surface area contributed by atoms with Crippen LogP contribution in [-0.2, 0) is 5.41 Å². The zero-order valence-corrected chi connectivity index (χ0v) is 11.5. The van der Waals surface area contributed by atoms with Crippen molar-refractivity contribution in [1.82, 2.24) is 4.98 Å². The smallest absolute Gasteiger partial charge is 0.153 e. The minimum absolute atomic E-state index is 0.0741. The van der Waals surface area contributed by atoms with Gasteiger partial charge in [0.15, 0.2) is 5.76 Å². The highest BCUT2D eigenvalue weighted by Crippen LogP contribution is 2.34. The Morgan fingerprint density at radius 2 is 2.06 bits per heavy atom. The molecule has 0 atom stereocenters. The molecular formula is C13H18N2OS. The van der Waals surface area contributed by atoms with Gasteiger partial charge >= 0.3 is 0 Å². The number of furan rings is 1. The van der Waals surface area contributed by atoms with Gasteiger partial charge in [0.1, 0.15) is 16.5 Å². The Bertz CT molecular complexity index is 525. The van der Waals surface area contributed by atoms with E-state index < -0.39 is 0 Å². The minimum atomic E-state index is -0.0741. The normalized spacial score (nSPS) is 12.1. The second-order valence-corrected chi connectivity index (χ2v) is 6.13. The predicted octanol–water partition coefficient (Wildman–Crippen LogP) is 3.26. The highest BCUT2D eigenvalue weighted by molar-refractivity contribution is 7.12. The second kappa shape index (κ2) is 4.27. The average Bonchev–Trinajstić information content (AvgIpc) is 2.85. The van der Waals surface area contributed by atoms with Gasteiger partial charge < -0.3 is 10.2 Å². The summed E-state index contributed by atoms with van der Waals surface area (Å²) in [5, 5.41) is 1.07. The van der Waals surface area contributed by atoms with Gasteiger partial charge in [-0.15, -0.1) is 11.3 Å². The number of aromatic nitrogens is 1. The Morgan fingerprint density at radius 1 is 1.35 bits per heavy atom. The van der Waals surface area contributed by atoms with E-state index in [4.69, 9.17) is 10.2 Å². The maximum Gasteiger partial charge on any atom is 0.153 e. The van der Waals surface area contributed by atoms with E-state index in [9.17, 15) is 0 Å². The number of hydrogen-bond acceptors (Lipinski definition) is 4. The fourth-order valence-electron chi connectivity index (χ4n) is 1.56. The van der Waals surface area contributed by atoms with E-state index in [-0.39, 0.29) is 5.41 Å². The molecular weight excluding hydrogens is 232 g/mol. The monoisotopic (exact) mass is 250 g/mol. The van der Waals surface area contributed by atoms with Crippen LogP contribution in [0.2, 0.25) is 0 Å². The fraction of sp³-hybridized carbons (Fsp3) is 0.462. The van der Waals surface area contributed by atoms with Crippen LogP contribution in [0.5, 0.6) is 0 Å². The van der Waals surface area contributed by atoms with E-state index in [1.54, 1.807) is 11.3 Å². The van der Waals surface area contributed by atoms with Crippen LogP contribution < -0.4 is 5.73 Å². The third-order valence-electron chi connectivity index (χ3n) is 2.86. The number of nitrogens with two attached hydrogens (primary N) is 1. The molecule has 0 bridgehead atoms. The van der Waals surface area contributed by atoms with Crippen LogP contribution in [0.25, 0.3) is 11.5 Å². The van der Waals surface area contributed by atoms with E-state index in [2.05, 4.69) is 25.8 Å². The van der Waals surface area contributed by atoms with Crippen LogP contribution >= 0.6 is 11.3 Å². The molecule has 0 aromatic carbocycles.